The van der Waals surface area contributed by atoms with E-state index in [0.717, 1.165) is 25.9 Å². The molecule has 0 saturated carbocycles. The molecule has 0 bridgehead atoms. The van der Waals surface area contributed by atoms with E-state index in [1.165, 1.54) is 25.7 Å². The topological polar surface area (TPSA) is 49.9 Å². The van der Waals surface area contributed by atoms with Gasteiger partial charge in [-0.25, -0.2) is 0 Å². The van der Waals surface area contributed by atoms with E-state index in [0.29, 0.717) is 26.2 Å². The predicted octanol–water partition coefficient (Wildman–Crippen LogP) is 1.66. The van der Waals surface area contributed by atoms with Crippen LogP contribution in [0.1, 0.15) is 45.4 Å². The first-order chi connectivity index (χ1) is 10.2. The first kappa shape index (κ1) is 16.3. The molecule has 5 heteroatoms. The van der Waals surface area contributed by atoms with Crippen molar-refractivity contribution in [2.45, 2.75) is 45.4 Å². The Labute approximate surface area is 127 Å². The van der Waals surface area contributed by atoms with Crippen molar-refractivity contribution in [3.8, 4) is 0 Å². The summed E-state index contributed by atoms with van der Waals surface area (Å²) in [5.74, 6) is 0.100. The molecule has 0 aliphatic carbocycles. The Balaban J connectivity index is 1.73. The third-order valence-electron chi connectivity index (χ3n) is 4.53. The first-order valence-electron chi connectivity index (χ1n) is 8.37. The molecule has 21 heavy (non-hydrogen) atoms. The maximum Gasteiger partial charge on any atom is 0.309 e. The maximum absolute atomic E-state index is 12.3. The van der Waals surface area contributed by atoms with Gasteiger partial charge in [0.1, 0.15) is 0 Å². The fourth-order valence-electron chi connectivity index (χ4n) is 3.21. The molecule has 2 aliphatic rings. The number of likely N-dealkylation sites (tertiary alicyclic amines) is 2. The van der Waals surface area contributed by atoms with E-state index < -0.39 is 0 Å². The van der Waals surface area contributed by atoms with Crippen molar-refractivity contribution < 1.29 is 14.3 Å². The molecule has 0 atom stereocenters. The second kappa shape index (κ2) is 8.37. The van der Waals surface area contributed by atoms with Crippen LogP contribution in [0.4, 0.5) is 0 Å². The van der Waals surface area contributed by atoms with Crippen molar-refractivity contribution in [3.63, 3.8) is 0 Å². The van der Waals surface area contributed by atoms with Crippen molar-refractivity contribution in [1.82, 2.24) is 9.80 Å². The highest BCUT2D eigenvalue weighted by Crippen LogP contribution is 2.19. The zero-order chi connectivity index (χ0) is 15.1. The van der Waals surface area contributed by atoms with Crippen LogP contribution in [-0.2, 0) is 14.3 Å². The number of hydrogen-bond donors (Lipinski definition) is 0. The van der Waals surface area contributed by atoms with Crippen molar-refractivity contribution in [2.75, 3.05) is 39.3 Å². The molecular weight excluding hydrogens is 268 g/mol. The van der Waals surface area contributed by atoms with Crippen molar-refractivity contribution >= 4 is 11.9 Å². The third-order valence-corrected chi connectivity index (χ3v) is 4.53. The lowest BCUT2D eigenvalue weighted by molar-refractivity contribution is -0.151. The number of rotatable bonds is 4. The summed E-state index contributed by atoms with van der Waals surface area (Å²) in [7, 11) is 0. The van der Waals surface area contributed by atoms with Crippen LogP contribution in [-0.4, -0.2) is 61.0 Å². The van der Waals surface area contributed by atoms with Gasteiger partial charge < -0.3 is 9.64 Å². The predicted molar refractivity (Wildman–Crippen MR) is 80.8 cm³/mol. The molecule has 120 valence electrons. The summed E-state index contributed by atoms with van der Waals surface area (Å²) in [6.45, 7) is 6.29. The molecule has 0 aromatic rings. The second-order valence-electron chi connectivity index (χ2n) is 6.10. The number of amides is 1. The number of nitrogens with zero attached hydrogens (tertiary/aromatic N) is 2. The summed E-state index contributed by atoms with van der Waals surface area (Å²) in [5.41, 5.74) is 0. The van der Waals surface area contributed by atoms with E-state index in [2.05, 4.69) is 4.90 Å². The third kappa shape index (κ3) is 4.99. The Kier molecular flexibility index (Phi) is 6.49. The van der Waals surface area contributed by atoms with E-state index in [1.54, 1.807) is 0 Å². The SMILES string of the molecule is CCOC(=O)C1CCN(C(=O)CN2CCCCCC2)CC1. The molecule has 1 amide bonds. The summed E-state index contributed by atoms with van der Waals surface area (Å²) in [6, 6.07) is 0. The van der Waals surface area contributed by atoms with Crippen molar-refractivity contribution in [1.29, 1.82) is 0 Å². The smallest absolute Gasteiger partial charge is 0.309 e. The van der Waals surface area contributed by atoms with E-state index in [-0.39, 0.29) is 17.8 Å². The highest BCUT2D eigenvalue weighted by Gasteiger charge is 2.28. The Morgan fingerprint density at radius 2 is 1.62 bits per heavy atom. The highest BCUT2D eigenvalue weighted by atomic mass is 16.5. The van der Waals surface area contributed by atoms with Gasteiger partial charge in [0.2, 0.25) is 5.91 Å². The minimum absolute atomic E-state index is 0.0211. The van der Waals surface area contributed by atoms with Crippen LogP contribution in [0.25, 0.3) is 0 Å². The molecule has 2 rings (SSSR count). The van der Waals surface area contributed by atoms with Crippen LogP contribution in [0, 0.1) is 5.92 Å². The monoisotopic (exact) mass is 296 g/mol. The average molecular weight is 296 g/mol. The molecule has 0 aromatic carbocycles. The molecule has 2 fully saturated rings. The van der Waals surface area contributed by atoms with Gasteiger partial charge in [0, 0.05) is 13.1 Å². The van der Waals surface area contributed by atoms with Gasteiger partial charge in [-0.2, -0.15) is 0 Å². The van der Waals surface area contributed by atoms with E-state index in [9.17, 15) is 9.59 Å². The van der Waals surface area contributed by atoms with Gasteiger partial charge in [0.25, 0.3) is 0 Å². The molecular formula is C16H28N2O3. The van der Waals surface area contributed by atoms with Gasteiger partial charge in [-0.05, 0) is 45.7 Å². The highest BCUT2D eigenvalue weighted by molar-refractivity contribution is 5.79. The Bertz CT molecular complexity index is 343. The molecule has 0 spiro atoms. The van der Waals surface area contributed by atoms with Gasteiger partial charge >= 0.3 is 5.97 Å². The maximum atomic E-state index is 12.3. The van der Waals surface area contributed by atoms with Crippen LogP contribution in [0.15, 0.2) is 0 Å². The number of ether oxygens (including phenoxy) is 1. The standard InChI is InChI=1S/C16H28N2O3/c1-2-21-16(20)14-7-11-18(12-8-14)15(19)13-17-9-5-3-4-6-10-17/h14H,2-13H2,1H3. The van der Waals surface area contributed by atoms with Crippen LogP contribution < -0.4 is 0 Å². The molecule has 0 N–H and O–H groups in total. The van der Waals surface area contributed by atoms with Gasteiger partial charge in [-0.15, -0.1) is 0 Å². The summed E-state index contributed by atoms with van der Waals surface area (Å²) >= 11 is 0. The quantitative estimate of drug-likeness (QED) is 0.740. The van der Waals surface area contributed by atoms with Gasteiger partial charge in [-0.3, -0.25) is 14.5 Å². The number of hydrogen-bond acceptors (Lipinski definition) is 4. The average Bonchev–Trinajstić information content (AvgIpc) is 2.76. The van der Waals surface area contributed by atoms with Gasteiger partial charge in [0.05, 0.1) is 19.1 Å². The molecule has 0 unspecified atom stereocenters. The summed E-state index contributed by atoms with van der Waals surface area (Å²) in [4.78, 5) is 28.2. The van der Waals surface area contributed by atoms with Crippen molar-refractivity contribution in [3.05, 3.63) is 0 Å². The van der Waals surface area contributed by atoms with Gasteiger partial charge in [-0.1, -0.05) is 12.8 Å². The Morgan fingerprint density at radius 1 is 1.00 bits per heavy atom. The Hall–Kier alpha value is -1.10. The number of carbonyl (C=O) groups excluding carboxylic acids is 2. The van der Waals surface area contributed by atoms with E-state index >= 15 is 0 Å². The zero-order valence-corrected chi connectivity index (χ0v) is 13.2. The largest absolute Gasteiger partial charge is 0.466 e. The van der Waals surface area contributed by atoms with Crippen LogP contribution in [0.5, 0.6) is 0 Å². The lowest BCUT2D eigenvalue weighted by Crippen LogP contribution is -2.45. The normalized spacial score (nSPS) is 21.9. The lowest BCUT2D eigenvalue weighted by atomic mass is 9.97. The molecule has 2 saturated heterocycles. The van der Waals surface area contributed by atoms with Gasteiger partial charge in [0.15, 0.2) is 0 Å². The minimum atomic E-state index is -0.0999. The second-order valence-corrected chi connectivity index (χ2v) is 6.10. The van der Waals surface area contributed by atoms with Crippen LogP contribution in [0.2, 0.25) is 0 Å². The van der Waals surface area contributed by atoms with Crippen LogP contribution in [0.3, 0.4) is 0 Å². The van der Waals surface area contributed by atoms with E-state index in [4.69, 9.17) is 4.74 Å². The fourth-order valence-corrected chi connectivity index (χ4v) is 3.21. The summed E-state index contributed by atoms with van der Waals surface area (Å²) < 4.78 is 5.06. The van der Waals surface area contributed by atoms with Crippen LogP contribution >= 0.6 is 0 Å². The molecule has 5 nitrogen and oxygen atoms in total. The zero-order valence-electron chi connectivity index (χ0n) is 13.2. The van der Waals surface area contributed by atoms with Crippen molar-refractivity contribution in [2.24, 2.45) is 5.92 Å². The molecule has 0 aromatic heterocycles. The lowest BCUT2D eigenvalue weighted by Gasteiger charge is -2.32. The number of esters is 1. The number of carbonyl (C=O) groups is 2. The number of piperidine rings is 1. The summed E-state index contributed by atoms with van der Waals surface area (Å²) in [6.07, 6.45) is 6.47. The fraction of sp³-hybridized carbons (Fsp3) is 0.875. The molecule has 0 radical (unpaired) electrons. The summed E-state index contributed by atoms with van der Waals surface area (Å²) in [5, 5.41) is 0. The first-order valence-corrected chi connectivity index (χ1v) is 8.37. The van der Waals surface area contributed by atoms with E-state index in [1.807, 2.05) is 11.8 Å². The molecule has 2 aliphatic heterocycles. The minimum Gasteiger partial charge on any atom is -0.466 e. The molecule has 2 heterocycles. The Morgan fingerprint density at radius 3 is 2.19 bits per heavy atom.